The number of benzene rings is 1. The SMILES string of the molecule is Cc1nc2nc(-c3ccc(Cl)cc3)nn2c(C)c1CC(=O)N1CCOCC1. The number of aromatic nitrogens is 4. The molecule has 0 aliphatic carbocycles. The van der Waals surface area contributed by atoms with Crippen LogP contribution >= 0.6 is 11.6 Å². The summed E-state index contributed by atoms with van der Waals surface area (Å²) in [5.74, 6) is 1.19. The van der Waals surface area contributed by atoms with Crippen LogP contribution in [0.3, 0.4) is 0 Å². The molecule has 0 atom stereocenters. The Morgan fingerprint density at radius 3 is 2.56 bits per heavy atom. The fourth-order valence-corrected chi connectivity index (χ4v) is 3.39. The van der Waals surface area contributed by atoms with E-state index in [0.29, 0.717) is 49.3 Å². The van der Waals surface area contributed by atoms with Crippen molar-refractivity contribution in [2.75, 3.05) is 26.3 Å². The number of hydrogen-bond donors (Lipinski definition) is 0. The molecule has 0 unspecified atom stereocenters. The van der Waals surface area contributed by atoms with E-state index in [0.717, 1.165) is 22.5 Å². The fourth-order valence-electron chi connectivity index (χ4n) is 3.26. The summed E-state index contributed by atoms with van der Waals surface area (Å²) in [6.45, 7) is 6.31. The molecule has 0 saturated carbocycles. The van der Waals surface area contributed by atoms with Crippen molar-refractivity contribution >= 4 is 23.3 Å². The van der Waals surface area contributed by atoms with Crippen LogP contribution < -0.4 is 0 Å². The lowest BCUT2D eigenvalue weighted by molar-refractivity contribution is -0.134. The standard InChI is InChI=1S/C19H20ClN5O2/c1-12-16(11-17(26)24-7-9-27-10-8-24)13(2)25-19(21-12)22-18(23-25)14-3-5-15(20)6-4-14/h3-6H,7-11H2,1-2H3. The monoisotopic (exact) mass is 385 g/mol. The molecular weight excluding hydrogens is 366 g/mol. The maximum absolute atomic E-state index is 12.7. The van der Waals surface area contributed by atoms with Crippen LogP contribution in [0.2, 0.25) is 5.02 Å². The lowest BCUT2D eigenvalue weighted by Crippen LogP contribution is -2.41. The Kier molecular flexibility index (Phi) is 4.80. The van der Waals surface area contributed by atoms with Crippen LogP contribution in [0.25, 0.3) is 17.2 Å². The molecule has 0 bridgehead atoms. The normalized spacial score (nSPS) is 14.7. The van der Waals surface area contributed by atoms with Crippen LogP contribution in [0.4, 0.5) is 0 Å². The Balaban J connectivity index is 1.67. The second kappa shape index (κ2) is 7.25. The number of amides is 1. The molecule has 0 N–H and O–H groups in total. The molecule has 3 heterocycles. The molecule has 1 aromatic carbocycles. The maximum atomic E-state index is 12.7. The smallest absolute Gasteiger partial charge is 0.253 e. The fraction of sp³-hybridized carbons (Fsp3) is 0.368. The van der Waals surface area contributed by atoms with Crippen LogP contribution in [0, 0.1) is 13.8 Å². The third kappa shape index (κ3) is 3.52. The van der Waals surface area contributed by atoms with E-state index < -0.39 is 0 Å². The summed E-state index contributed by atoms with van der Waals surface area (Å²) in [6, 6.07) is 7.37. The van der Waals surface area contributed by atoms with Gasteiger partial charge in [-0.05, 0) is 38.1 Å². The van der Waals surface area contributed by atoms with Gasteiger partial charge >= 0.3 is 0 Å². The number of fused-ring (bicyclic) bond motifs is 1. The van der Waals surface area contributed by atoms with E-state index in [4.69, 9.17) is 16.3 Å². The third-order valence-electron chi connectivity index (χ3n) is 4.84. The van der Waals surface area contributed by atoms with Gasteiger partial charge in [0, 0.05) is 40.6 Å². The molecule has 3 aromatic rings. The zero-order chi connectivity index (χ0) is 19.0. The highest BCUT2D eigenvalue weighted by Gasteiger charge is 2.21. The van der Waals surface area contributed by atoms with E-state index >= 15 is 0 Å². The van der Waals surface area contributed by atoms with Crippen LogP contribution in [-0.2, 0) is 16.0 Å². The van der Waals surface area contributed by atoms with Crippen LogP contribution in [0.1, 0.15) is 17.0 Å². The second-order valence-corrected chi connectivity index (χ2v) is 7.02. The number of carbonyl (C=O) groups excluding carboxylic acids is 1. The van der Waals surface area contributed by atoms with E-state index in [9.17, 15) is 4.79 Å². The number of rotatable bonds is 3. The Morgan fingerprint density at radius 2 is 1.85 bits per heavy atom. The van der Waals surface area contributed by atoms with Crippen molar-refractivity contribution in [3.05, 3.63) is 46.2 Å². The topological polar surface area (TPSA) is 72.6 Å². The number of ether oxygens (including phenoxy) is 1. The largest absolute Gasteiger partial charge is 0.378 e. The van der Waals surface area contributed by atoms with Gasteiger partial charge in [0.2, 0.25) is 5.91 Å². The summed E-state index contributed by atoms with van der Waals surface area (Å²) in [7, 11) is 0. The molecule has 7 nitrogen and oxygen atoms in total. The van der Waals surface area contributed by atoms with E-state index in [1.165, 1.54) is 0 Å². The first-order chi connectivity index (χ1) is 13.0. The molecule has 0 spiro atoms. The lowest BCUT2D eigenvalue weighted by atomic mass is 10.1. The number of hydrogen-bond acceptors (Lipinski definition) is 5. The number of carbonyl (C=O) groups is 1. The average molecular weight is 386 g/mol. The molecule has 1 saturated heterocycles. The van der Waals surface area contributed by atoms with Crippen LogP contribution in [0.5, 0.6) is 0 Å². The number of morpholine rings is 1. The Morgan fingerprint density at radius 1 is 1.15 bits per heavy atom. The quantitative estimate of drug-likeness (QED) is 0.692. The van der Waals surface area contributed by atoms with Gasteiger partial charge < -0.3 is 9.64 Å². The van der Waals surface area contributed by atoms with Gasteiger partial charge in [-0.3, -0.25) is 4.79 Å². The van der Waals surface area contributed by atoms with Crippen molar-refractivity contribution in [2.24, 2.45) is 0 Å². The minimum atomic E-state index is 0.0868. The van der Waals surface area contributed by atoms with Gasteiger partial charge in [-0.1, -0.05) is 11.6 Å². The summed E-state index contributed by atoms with van der Waals surface area (Å²) in [4.78, 5) is 23.6. The van der Waals surface area contributed by atoms with Gasteiger partial charge in [-0.15, -0.1) is 5.10 Å². The lowest BCUT2D eigenvalue weighted by Gasteiger charge is -2.27. The number of nitrogens with zero attached hydrogens (tertiary/aromatic N) is 5. The minimum Gasteiger partial charge on any atom is -0.378 e. The van der Waals surface area contributed by atoms with Gasteiger partial charge in [-0.25, -0.2) is 9.50 Å². The molecule has 1 amide bonds. The first kappa shape index (κ1) is 17.9. The van der Waals surface area contributed by atoms with E-state index in [-0.39, 0.29) is 5.91 Å². The van der Waals surface area contributed by atoms with Crippen molar-refractivity contribution in [1.29, 1.82) is 0 Å². The van der Waals surface area contributed by atoms with Gasteiger partial charge in [0.1, 0.15) is 0 Å². The number of halogens is 1. The Labute approximate surface area is 161 Å². The molecule has 4 rings (SSSR count). The molecular formula is C19H20ClN5O2. The predicted molar refractivity (Wildman–Crippen MR) is 102 cm³/mol. The van der Waals surface area contributed by atoms with Crippen LogP contribution in [-0.4, -0.2) is 56.7 Å². The molecule has 8 heteroatoms. The zero-order valence-corrected chi connectivity index (χ0v) is 16.0. The molecule has 140 valence electrons. The first-order valence-corrected chi connectivity index (χ1v) is 9.25. The van der Waals surface area contributed by atoms with Crippen molar-refractivity contribution in [3.8, 4) is 11.4 Å². The molecule has 1 fully saturated rings. The highest BCUT2D eigenvalue weighted by Crippen LogP contribution is 2.21. The molecule has 2 aromatic heterocycles. The first-order valence-electron chi connectivity index (χ1n) is 8.87. The predicted octanol–water partition coefficient (Wildman–Crippen LogP) is 2.46. The summed E-state index contributed by atoms with van der Waals surface area (Å²) in [5, 5.41) is 5.25. The summed E-state index contributed by atoms with van der Waals surface area (Å²) >= 11 is 5.95. The van der Waals surface area contributed by atoms with Gasteiger partial charge in [0.05, 0.1) is 19.6 Å². The minimum absolute atomic E-state index is 0.0868. The zero-order valence-electron chi connectivity index (χ0n) is 15.3. The molecule has 1 aliphatic heterocycles. The number of aryl methyl sites for hydroxylation is 2. The Hall–Kier alpha value is -2.51. The van der Waals surface area contributed by atoms with Gasteiger partial charge in [0.15, 0.2) is 5.82 Å². The highest BCUT2D eigenvalue weighted by atomic mass is 35.5. The van der Waals surface area contributed by atoms with Gasteiger partial charge in [-0.2, -0.15) is 4.98 Å². The summed E-state index contributed by atoms with van der Waals surface area (Å²) < 4.78 is 7.03. The van der Waals surface area contributed by atoms with E-state index in [1.807, 2.05) is 30.9 Å². The Bertz CT molecular complexity index is 993. The van der Waals surface area contributed by atoms with Crippen molar-refractivity contribution in [2.45, 2.75) is 20.3 Å². The third-order valence-corrected chi connectivity index (χ3v) is 5.10. The maximum Gasteiger partial charge on any atom is 0.253 e. The van der Waals surface area contributed by atoms with Crippen molar-refractivity contribution < 1.29 is 9.53 Å². The molecule has 1 aliphatic rings. The van der Waals surface area contributed by atoms with Crippen molar-refractivity contribution in [1.82, 2.24) is 24.5 Å². The highest BCUT2D eigenvalue weighted by molar-refractivity contribution is 6.30. The average Bonchev–Trinajstić information content (AvgIpc) is 3.10. The van der Waals surface area contributed by atoms with E-state index in [2.05, 4.69) is 15.1 Å². The second-order valence-electron chi connectivity index (χ2n) is 6.59. The summed E-state index contributed by atoms with van der Waals surface area (Å²) in [5.41, 5.74) is 3.45. The van der Waals surface area contributed by atoms with E-state index in [1.54, 1.807) is 16.6 Å². The van der Waals surface area contributed by atoms with Gasteiger partial charge in [0.25, 0.3) is 5.78 Å². The van der Waals surface area contributed by atoms with Crippen LogP contribution in [0.15, 0.2) is 24.3 Å². The van der Waals surface area contributed by atoms with Crippen molar-refractivity contribution in [3.63, 3.8) is 0 Å². The summed E-state index contributed by atoms with van der Waals surface area (Å²) in [6.07, 6.45) is 0.302. The molecule has 27 heavy (non-hydrogen) atoms. The molecule has 0 radical (unpaired) electrons.